The average Bonchev–Trinajstić information content (AvgIpc) is 3.07. The minimum absolute atomic E-state index is 0.351. The van der Waals surface area contributed by atoms with Gasteiger partial charge < -0.3 is 10.5 Å². The van der Waals surface area contributed by atoms with Crippen LogP contribution >= 0.6 is 0 Å². The monoisotopic (exact) mass is 421 g/mol. The molecule has 5 nitrogen and oxygen atoms in total. The first-order valence-electron chi connectivity index (χ1n) is 10.9. The van der Waals surface area contributed by atoms with Crippen LogP contribution in [-0.2, 0) is 11.4 Å². The molecule has 6 heteroatoms. The predicted octanol–water partition coefficient (Wildman–Crippen LogP) is 4.99. The number of hydrogen-bond acceptors (Lipinski definition) is 5. The van der Waals surface area contributed by atoms with Gasteiger partial charge in [0.1, 0.15) is 13.3 Å². The van der Waals surface area contributed by atoms with Gasteiger partial charge >= 0.3 is 5.97 Å². The molecular weight excluding hydrogens is 393 g/mol. The van der Waals surface area contributed by atoms with Crippen molar-refractivity contribution in [2.75, 3.05) is 32.0 Å². The number of carbonyl (C=O) groups is 1. The molecule has 0 aliphatic carbocycles. The molecule has 2 aromatic carbocycles. The van der Waals surface area contributed by atoms with Crippen LogP contribution in [0.4, 0.5) is 10.1 Å². The number of nitrogen functional groups attached to an aromatic ring is 1. The van der Waals surface area contributed by atoms with Crippen LogP contribution < -0.4 is 5.73 Å². The first-order valence-corrected chi connectivity index (χ1v) is 10.9. The largest absolute Gasteiger partial charge is 0.461 e. The van der Waals surface area contributed by atoms with E-state index in [0.29, 0.717) is 34.5 Å². The number of nitrogens with two attached hydrogens (primary N) is 1. The number of hydrogen-bond donors (Lipinski definition) is 1. The molecule has 2 N–H and O–H groups in total. The van der Waals surface area contributed by atoms with Gasteiger partial charge in [-0.05, 0) is 61.3 Å². The maximum absolute atomic E-state index is 13.1. The van der Waals surface area contributed by atoms with Crippen LogP contribution in [0.3, 0.4) is 0 Å². The van der Waals surface area contributed by atoms with Crippen LogP contribution in [0.15, 0.2) is 48.7 Å². The summed E-state index contributed by atoms with van der Waals surface area (Å²) in [4.78, 5) is 19.7. The number of esters is 1. The molecule has 2 heterocycles. The first-order chi connectivity index (χ1) is 15.2. The van der Waals surface area contributed by atoms with Crippen molar-refractivity contribution >= 4 is 22.6 Å². The number of benzene rings is 2. The summed E-state index contributed by atoms with van der Waals surface area (Å²) >= 11 is 0. The molecule has 0 spiro atoms. The van der Waals surface area contributed by atoms with E-state index in [1.807, 2.05) is 12.1 Å². The fourth-order valence-electron chi connectivity index (χ4n) is 4.24. The summed E-state index contributed by atoms with van der Waals surface area (Å²) in [5.41, 5.74) is 9.86. The third kappa shape index (κ3) is 4.85. The predicted molar refractivity (Wildman–Crippen MR) is 122 cm³/mol. The number of fused-ring (bicyclic) bond motifs is 1. The molecule has 1 aromatic heterocycles. The summed E-state index contributed by atoms with van der Waals surface area (Å²) in [6.45, 7) is 2.66. The van der Waals surface area contributed by atoms with Gasteiger partial charge in [-0.1, -0.05) is 31.0 Å². The van der Waals surface area contributed by atoms with Crippen LogP contribution in [0.25, 0.3) is 22.0 Å². The van der Waals surface area contributed by atoms with Gasteiger partial charge in [-0.25, -0.2) is 9.18 Å². The standard InChI is InChI=1S/C25H28FN3O2/c26-17-18-8-9-19-20(10-11-28-23(19)16-18)24-21(6-5-7-22(24)27)25(30)31-15-14-29-12-3-1-2-4-13-29/h5-11,16H,1-4,12-15,17,27H2. The van der Waals surface area contributed by atoms with Crippen LogP contribution in [0, 0.1) is 0 Å². The molecule has 31 heavy (non-hydrogen) atoms. The molecule has 1 aliphatic rings. The van der Waals surface area contributed by atoms with Gasteiger partial charge in [0, 0.05) is 29.4 Å². The van der Waals surface area contributed by atoms with E-state index in [2.05, 4.69) is 9.88 Å². The molecular formula is C25H28FN3O2. The number of anilines is 1. The van der Waals surface area contributed by atoms with E-state index < -0.39 is 6.67 Å². The maximum atomic E-state index is 13.1. The highest BCUT2D eigenvalue weighted by molar-refractivity contribution is 6.06. The fraction of sp³-hybridized carbons (Fsp3) is 0.360. The zero-order valence-corrected chi connectivity index (χ0v) is 17.6. The number of alkyl halides is 1. The summed E-state index contributed by atoms with van der Waals surface area (Å²) in [7, 11) is 0. The Kier molecular flexibility index (Phi) is 6.77. The Labute approximate surface area is 182 Å². The summed E-state index contributed by atoms with van der Waals surface area (Å²) in [5, 5.41) is 0.816. The lowest BCUT2D eigenvalue weighted by Crippen LogP contribution is -2.29. The van der Waals surface area contributed by atoms with Gasteiger partial charge in [0.25, 0.3) is 0 Å². The van der Waals surface area contributed by atoms with Crippen molar-refractivity contribution in [3.63, 3.8) is 0 Å². The van der Waals surface area contributed by atoms with Gasteiger partial charge in [0.15, 0.2) is 0 Å². The third-order valence-electron chi connectivity index (χ3n) is 5.89. The van der Waals surface area contributed by atoms with E-state index in [1.165, 1.54) is 25.7 Å². The molecule has 1 saturated heterocycles. The van der Waals surface area contributed by atoms with Crippen LogP contribution in [-0.4, -0.2) is 42.1 Å². The number of ether oxygens (including phenoxy) is 1. The Hall–Kier alpha value is -2.99. The second-order valence-corrected chi connectivity index (χ2v) is 8.01. The van der Waals surface area contributed by atoms with Crippen molar-refractivity contribution in [1.29, 1.82) is 0 Å². The number of likely N-dealkylation sites (tertiary alicyclic amines) is 1. The molecule has 0 radical (unpaired) electrons. The lowest BCUT2D eigenvalue weighted by Gasteiger charge is -2.20. The van der Waals surface area contributed by atoms with Gasteiger partial charge in [-0.2, -0.15) is 0 Å². The highest BCUT2D eigenvalue weighted by Gasteiger charge is 2.19. The van der Waals surface area contributed by atoms with Crippen LogP contribution in [0.5, 0.6) is 0 Å². The van der Waals surface area contributed by atoms with E-state index in [1.54, 1.807) is 36.5 Å². The Balaban J connectivity index is 1.59. The van der Waals surface area contributed by atoms with Crippen molar-refractivity contribution in [3.8, 4) is 11.1 Å². The second-order valence-electron chi connectivity index (χ2n) is 8.01. The van der Waals surface area contributed by atoms with E-state index >= 15 is 0 Å². The van der Waals surface area contributed by atoms with E-state index in [-0.39, 0.29) is 5.97 Å². The minimum atomic E-state index is -0.552. The van der Waals surface area contributed by atoms with Gasteiger partial charge in [-0.3, -0.25) is 9.88 Å². The highest BCUT2D eigenvalue weighted by Crippen LogP contribution is 2.35. The molecule has 0 bridgehead atoms. The summed E-state index contributed by atoms with van der Waals surface area (Å²) in [5.74, 6) is -0.387. The number of carbonyl (C=O) groups excluding carboxylic acids is 1. The lowest BCUT2D eigenvalue weighted by molar-refractivity contribution is 0.0464. The molecule has 3 aromatic rings. The van der Waals surface area contributed by atoms with Crippen LogP contribution in [0.2, 0.25) is 0 Å². The second kappa shape index (κ2) is 9.88. The summed E-state index contributed by atoms with van der Waals surface area (Å²) in [6, 6.07) is 12.4. The van der Waals surface area contributed by atoms with Crippen molar-refractivity contribution in [3.05, 3.63) is 59.8 Å². The summed E-state index contributed by atoms with van der Waals surface area (Å²) < 4.78 is 18.7. The van der Waals surface area contributed by atoms with Crippen LogP contribution in [0.1, 0.15) is 41.6 Å². The minimum Gasteiger partial charge on any atom is -0.461 e. The SMILES string of the molecule is Nc1cccc(C(=O)OCCN2CCCCCC2)c1-c1ccnc2cc(CF)ccc12. The number of pyridine rings is 1. The topological polar surface area (TPSA) is 68.5 Å². The molecule has 0 amide bonds. The molecule has 0 saturated carbocycles. The molecule has 1 aliphatic heterocycles. The van der Waals surface area contributed by atoms with Crippen molar-refractivity contribution in [2.45, 2.75) is 32.4 Å². The molecule has 4 rings (SSSR count). The quantitative estimate of drug-likeness (QED) is 0.449. The van der Waals surface area contributed by atoms with E-state index in [4.69, 9.17) is 10.5 Å². The average molecular weight is 422 g/mol. The number of nitrogens with zero attached hydrogens (tertiary/aromatic N) is 2. The Morgan fingerprint density at radius 3 is 2.68 bits per heavy atom. The van der Waals surface area contributed by atoms with Crippen molar-refractivity contribution < 1.29 is 13.9 Å². The zero-order chi connectivity index (χ0) is 21.6. The fourth-order valence-corrected chi connectivity index (χ4v) is 4.24. The van der Waals surface area contributed by atoms with E-state index in [0.717, 1.165) is 30.6 Å². The Morgan fingerprint density at radius 1 is 1.10 bits per heavy atom. The van der Waals surface area contributed by atoms with Gasteiger partial charge in [0.05, 0.1) is 11.1 Å². The number of rotatable bonds is 6. The lowest BCUT2D eigenvalue weighted by atomic mass is 9.94. The summed E-state index contributed by atoms with van der Waals surface area (Å²) in [6.07, 6.45) is 6.60. The van der Waals surface area contributed by atoms with Gasteiger partial charge in [-0.15, -0.1) is 0 Å². The zero-order valence-electron chi connectivity index (χ0n) is 17.6. The molecule has 1 fully saturated rings. The molecule has 0 atom stereocenters. The van der Waals surface area contributed by atoms with Crippen molar-refractivity contribution in [1.82, 2.24) is 9.88 Å². The smallest absolute Gasteiger partial charge is 0.338 e. The number of halogens is 1. The molecule has 0 unspecified atom stereocenters. The van der Waals surface area contributed by atoms with Crippen molar-refractivity contribution in [2.24, 2.45) is 0 Å². The Morgan fingerprint density at radius 2 is 1.90 bits per heavy atom. The highest BCUT2D eigenvalue weighted by atomic mass is 19.1. The molecule has 162 valence electrons. The normalized spacial score (nSPS) is 15.0. The van der Waals surface area contributed by atoms with E-state index in [9.17, 15) is 9.18 Å². The maximum Gasteiger partial charge on any atom is 0.338 e. The Bertz CT molecular complexity index is 1060. The first kappa shape index (κ1) is 21.2. The third-order valence-corrected chi connectivity index (χ3v) is 5.89. The van der Waals surface area contributed by atoms with Gasteiger partial charge in [0.2, 0.25) is 0 Å². The number of aromatic nitrogens is 1.